The molecule has 24 heavy (non-hydrogen) atoms. The van der Waals surface area contributed by atoms with Crippen molar-refractivity contribution in [3.05, 3.63) is 0 Å². The Kier molecular flexibility index (Phi) is 9.06. The first-order chi connectivity index (χ1) is 11.0. The van der Waals surface area contributed by atoms with E-state index in [1.165, 1.54) is 6.42 Å². The van der Waals surface area contributed by atoms with Gasteiger partial charge in [0.25, 0.3) is 0 Å². The molecule has 140 valence electrons. The molecule has 2 fully saturated rings. The van der Waals surface area contributed by atoms with E-state index in [2.05, 4.69) is 5.32 Å². The number of hydrogen-bond acceptors (Lipinski definition) is 3. The molecule has 6 heteroatoms. The molecule has 0 aromatic rings. The Morgan fingerprint density at radius 3 is 2.21 bits per heavy atom. The van der Waals surface area contributed by atoms with Gasteiger partial charge in [-0.2, -0.15) is 0 Å². The molecule has 0 spiro atoms. The summed E-state index contributed by atoms with van der Waals surface area (Å²) in [5.41, 5.74) is 5.94. The number of carbonyl (C=O) groups excluding carboxylic acids is 2. The van der Waals surface area contributed by atoms with Crippen molar-refractivity contribution in [1.82, 2.24) is 10.2 Å². The highest BCUT2D eigenvalue weighted by atomic mass is 35.5. The van der Waals surface area contributed by atoms with Gasteiger partial charge >= 0.3 is 0 Å². The van der Waals surface area contributed by atoms with Gasteiger partial charge in [-0.25, -0.2) is 0 Å². The second-order valence-electron chi connectivity index (χ2n) is 7.53. The van der Waals surface area contributed by atoms with Crippen LogP contribution in [-0.4, -0.2) is 41.9 Å². The quantitative estimate of drug-likeness (QED) is 0.791. The van der Waals surface area contributed by atoms with E-state index in [9.17, 15) is 9.59 Å². The number of carbonyl (C=O) groups is 2. The van der Waals surface area contributed by atoms with Crippen LogP contribution in [0.3, 0.4) is 0 Å². The third-order valence-electron chi connectivity index (χ3n) is 5.48. The molecule has 3 N–H and O–H groups in total. The molecule has 1 saturated heterocycles. The molecule has 5 nitrogen and oxygen atoms in total. The van der Waals surface area contributed by atoms with Crippen LogP contribution < -0.4 is 11.1 Å². The predicted molar refractivity (Wildman–Crippen MR) is 99.0 cm³/mol. The second kappa shape index (κ2) is 10.2. The van der Waals surface area contributed by atoms with Crippen LogP contribution in [0.5, 0.6) is 0 Å². The molecule has 1 saturated carbocycles. The minimum Gasteiger partial charge on any atom is -0.353 e. The van der Waals surface area contributed by atoms with Crippen molar-refractivity contribution in [1.29, 1.82) is 0 Å². The Bertz CT molecular complexity index is 403. The Morgan fingerprint density at radius 2 is 1.67 bits per heavy atom. The van der Waals surface area contributed by atoms with Crippen LogP contribution in [0, 0.1) is 11.8 Å². The van der Waals surface area contributed by atoms with Gasteiger partial charge in [-0.05, 0) is 45.4 Å². The SMILES string of the molecule is CC(CC(=O)N1CCC(C(C)N)CC1)NC(=O)C1CCCCC1.Cl. The minimum atomic E-state index is -0.0805. The van der Waals surface area contributed by atoms with Crippen LogP contribution in [0.4, 0.5) is 0 Å². The normalized spacial score (nSPS) is 22.4. The van der Waals surface area contributed by atoms with Crippen LogP contribution in [0.1, 0.15) is 65.2 Å². The smallest absolute Gasteiger partial charge is 0.224 e. The fourth-order valence-corrected chi connectivity index (χ4v) is 3.84. The van der Waals surface area contributed by atoms with Gasteiger partial charge in [0.05, 0.1) is 0 Å². The highest BCUT2D eigenvalue weighted by Gasteiger charge is 2.27. The van der Waals surface area contributed by atoms with Crippen LogP contribution in [0.15, 0.2) is 0 Å². The van der Waals surface area contributed by atoms with Gasteiger partial charge in [-0.15, -0.1) is 12.4 Å². The van der Waals surface area contributed by atoms with Crippen LogP contribution >= 0.6 is 12.4 Å². The van der Waals surface area contributed by atoms with Crippen LogP contribution in [-0.2, 0) is 9.59 Å². The minimum absolute atomic E-state index is 0. The topological polar surface area (TPSA) is 75.4 Å². The van der Waals surface area contributed by atoms with Crippen molar-refractivity contribution in [2.45, 2.75) is 77.3 Å². The number of rotatable bonds is 5. The van der Waals surface area contributed by atoms with Crippen molar-refractivity contribution >= 4 is 24.2 Å². The van der Waals surface area contributed by atoms with E-state index in [-0.39, 0.29) is 42.2 Å². The summed E-state index contributed by atoms with van der Waals surface area (Å²) in [4.78, 5) is 26.6. The summed E-state index contributed by atoms with van der Waals surface area (Å²) in [6.07, 6.45) is 7.93. The van der Waals surface area contributed by atoms with Gasteiger partial charge < -0.3 is 16.0 Å². The molecule has 1 heterocycles. The number of nitrogens with zero attached hydrogens (tertiary/aromatic N) is 1. The zero-order chi connectivity index (χ0) is 16.8. The maximum absolute atomic E-state index is 12.4. The summed E-state index contributed by atoms with van der Waals surface area (Å²) in [6.45, 7) is 5.58. The molecule has 0 aromatic carbocycles. The lowest BCUT2D eigenvalue weighted by Crippen LogP contribution is -2.45. The fraction of sp³-hybridized carbons (Fsp3) is 0.889. The number of likely N-dealkylation sites (tertiary alicyclic amines) is 1. The zero-order valence-corrected chi connectivity index (χ0v) is 15.9. The summed E-state index contributed by atoms with van der Waals surface area (Å²) in [7, 11) is 0. The monoisotopic (exact) mass is 359 g/mol. The summed E-state index contributed by atoms with van der Waals surface area (Å²) in [5.74, 6) is 0.982. The number of hydrogen-bond donors (Lipinski definition) is 2. The van der Waals surface area contributed by atoms with Crippen LogP contribution in [0.2, 0.25) is 0 Å². The molecule has 2 rings (SSSR count). The molecular formula is C18H34ClN3O2. The largest absolute Gasteiger partial charge is 0.353 e. The summed E-state index contributed by atoms with van der Waals surface area (Å²) < 4.78 is 0. The fourth-order valence-electron chi connectivity index (χ4n) is 3.84. The number of piperidine rings is 1. The lowest BCUT2D eigenvalue weighted by atomic mass is 9.88. The molecule has 2 unspecified atom stereocenters. The molecule has 0 aromatic heterocycles. The van der Waals surface area contributed by atoms with E-state index in [0.717, 1.165) is 51.6 Å². The maximum atomic E-state index is 12.4. The first-order valence-corrected chi connectivity index (χ1v) is 9.31. The van der Waals surface area contributed by atoms with Crippen molar-refractivity contribution in [3.8, 4) is 0 Å². The van der Waals surface area contributed by atoms with Gasteiger partial charge in [0.2, 0.25) is 11.8 Å². The molecule has 2 aliphatic rings. The predicted octanol–water partition coefficient (Wildman–Crippen LogP) is 2.47. The Hall–Kier alpha value is -0.810. The molecule has 2 amide bonds. The van der Waals surface area contributed by atoms with E-state index in [4.69, 9.17) is 5.73 Å². The summed E-state index contributed by atoms with van der Waals surface area (Å²) >= 11 is 0. The highest BCUT2D eigenvalue weighted by Crippen LogP contribution is 2.24. The number of nitrogens with two attached hydrogens (primary N) is 1. The van der Waals surface area contributed by atoms with Gasteiger partial charge in [-0.3, -0.25) is 9.59 Å². The highest BCUT2D eigenvalue weighted by molar-refractivity contribution is 5.85. The van der Waals surface area contributed by atoms with Gasteiger partial charge in [0, 0.05) is 37.5 Å². The summed E-state index contributed by atoms with van der Waals surface area (Å²) in [5, 5.41) is 3.04. The molecule has 2 atom stereocenters. The second-order valence-corrected chi connectivity index (χ2v) is 7.53. The van der Waals surface area contributed by atoms with Crippen molar-refractivity contribution in [2.75, 3.05) is 13.1 Å². The lowest BCUT2D eigenvalue weighted by Gasteiger charge is -2.34. The molecule has 0 bridgehead atoms. The first-order valence-electron chi connectivity index (χ1n) is 9.31. The van der Waals surface area contributed by atoms with Crippen molar-refractivity contribution in [2.24, 2.45) is 17.6 Å². The molecule has 1 aliphatic heterocycles. The van der Waals surface area contributed by atoms with E-state index in [1.54, 1.807) is 0 Å². The number of amides is 2. The van der Waals surface area contributed by atoms with E-state index in [0.29, 0.717) is 12.3 Å². The Morgan fingerprint density at radius 1 is 1.08 bits per heavy atom. The number of halogens is 1. The standard InChI is InChI=1S/C18H33N3O2.ClH/c1-13(20-18(23)16-6-4-3-5-7-16)12-17(22)21-10-8-15(9-11-21)14(2)19;/h13-16H,3-12,19H2,1-2H3,(H,20,23);1H. The Balaban J connectivity index is 0.00000288. The van der Waals surface area contributed by atoms with Gasteiger partial charge in [-0.1, -0.05) is 19.3 Å². The average molecular weight is 360 g/mol. The molecular weight excluding hydrogens is 326 g/mol. The number of nitrogens with one attached hydrogen (secondary N) is 1. The first kappa shape index (κ1) is 21.2. The van der Waals surface area contributed by atoms with Crippen molar-refractivity contribution in [3.63, 3.8) is 0 Å². The maximum Gasteiger partial charge on any atom is 0.224 e. The van der Waals surface area contributed by atoms with E-state index >= 15 is 0 Å². The summed E-state index contributed by atoms with van der Waals surface area (Å²) in [6, 6.07) is 0.129. The lowest BCUT2D eigenvalue weighted by molar-refractivity contribution is -0.133. The molecule has 1 aliphatic carbocycles. The van der Waals surface area contributed by atoms with Crippen molar-refractivity contribution < 1.29 is 9.59 Å². The van der Waals surface area contributed by atoms with E-state index in [1.807, 2.05) is 18.7 Å². The van der Waals surface area contributed by atoms with Gasteiger partial charge in [0.15, 0.2) is 0 Å². The third-order valence-corrected chi connectivity index (χ3v) is 5.48. The van der Waals surface area contributed by atoms with Gasteiger partial charge in [0.1, 0.15) is 0 Å². The average Bonchev–Trinajstić information content (AvgIpc) is 2.55. The Labute approximate surface area is 152 Å². The third kappa shape index (κ3) is 6.25. The zero-order valence-electron chi connectivity index (χ0n) is 15.1. The van der Waals surface area contributed by atoms with E-state index < -0.39 is 0 Å². The van der Waals surface area contributed by atoms with Crippen LogP contribution in [0.25, 0.3) is 0 Å². The molecule has 0 radical (unpaired) electrons.